The SMILES string of the molecule is CCOC(=O)c1ccc(COP(OCCC#N)N(C(C)C)C(C)C)cc1. The Balaban J connectivity index is 2.75. The largest absolute Gasteiger partial charge is 0.462 e. The molecule has 0 bridgehead atoms. The van der Waals surface area contributed by atoms with Gasteiger partial charge in [-0.2, -0.15) is 5.26 Å². The van der Waals surface area contributed by atoms with Gasteiger partial charge in [0.1, 0.15) is 0 Å². The van der Waals surface area contributed by atoms with Gasteiger partial charge < -0.3 is 13.8 Å². The number of ether oxygens (including phenoxy) is 1. The molecule has 26 heavy (non-hydrogen) atoms. The van der Waals surface area contributed by atoms with Crippen LogP contribution in [0.15, 0.2) is 24.3 Å². The second-order valence-electron chi connectivity index (χ2n) is 6.24. The molecule has 0 radical (unpaired) electrons. The van der Waals surface area contributed by atoms with E-state index in [1.54, 1.807) is 19.1 Å². The van der Waals surface area contributed by atoms with Crippen molar-refractivity contribution >= 4 is 14.5 Å². The quantitative estimate of drug-likeness (QED) is 0.316. The first-order chi connectivity index (χ1) is 12.4. The number of benzene rings is 1. The lowest BCUT2D eigenvalue weighted by Gasteiger charge is -2.35. The van der Waals surface area contributed by atoms with E-state index >= 15 is 0 Å². The molecule has 0 saturated carbocycles. The average molecular weight is 380 g/mol. The van der Waals surface area contributed by atoms with Crippen LogP contribution in [-0.4, -0.2) is 35.9 Å². The van der Waals surface area contributed by atoms with Gasteiger partial charge in [-0.05, 0) is 52.3 Å². The molecule has 0 aliphatic rings. The second-order valence-corrected chi connectivity index (χ2v) is 7.69. The van der Waals surface area contributed by atoms with Crippen molar-refractivity contribution in [2.24, 2.45) is 0 Å². The number of hydrogen-bond donors (Lipinski definition) is 0. The Labute approximate surface area is 158 Å². The van der Waals surface area contributed by atoms with Gasteiger partial charge in [-0.15, -0.1) is 0 Å². The van der Waals surface area contributed by atoms with Gasteiger partial charge in [0.05, 0.1) is 37.9 Å². The number of nitriles is 1. The Hall–Kier alpha value is -1.51. The van der Waals surface area contributed by atoms with E-state index in [4.69, 9.17) is 19.0 Å². The summed E-state index contributed by atoms with van der Waals surface area (Å²) < 4.78 is 19.1. The van der Waals surface area contributed by atoms with Gasteiger partial charge in [-0.25, -0.2) is 9.46 Å². The van der Waals surface area contributed by atoms with Crippen molar-refractivity contribution in [2.75, 3.05) is 13.2 Å². The number of carbonyl (C=O) groups excluding carboxylic acids is 1. The topological polar surface area (TPSA) is 71.8 Å². The molecule has 0 saturated heterocycles. The molecule has 144 valence electrons. The van der Waals surface area contributed by atoms with Gasteiger partial charge in [0, 0.05) is 12.1 Å². The Morgan fingerprint density at radius 3 is 2.27 bits per heavy atom. The van der Waals surface area contributed by atoms with Crippen LogP contribution in [0.5, 0.6) is 0 Å². The van der Waals surface area contributed by atoms with Crippen LogP contribution in [0.4, 0.5) is 0 Å². The summed E-state index contributed by atoms with van der Waals surface area (Å²) in [4.78, 5) is 11.7. The third-order valence-corrected chi connectivity index (χ3v) is 5.52. The van der Waals surface area contributed by atoms with Crippen LogP contribution in [-0.2, 0) is 20.4 Å². The van der Waals surface area contributed by atoms with Crippen LogP contribution in [0, 0.1) is 11.3 Å². The number of hydrogen-bond acceptors (Lipinski definition) is 6. The van der Waals surface area contributed by atoms with Gasteiger partial charge >= 0.3 is 5.97 Å². The van der Waals surface area contributed by atoms with Crippen molar-refractivity contribution in [3.05, 3.63) is 35.4 Å². The van der Waals surface area contributed by atoms with Gasteiger partial charge in [-0.3, -0.25) is 0 Å². The monoisotopic (exact) mass is 380 g/mol. The smallest absolute Gasteiger partial charge is 0.338 e. The van der Waals surface area contributed by atoms with E-state index in [0.29, 0.717) is 31.8 Å². The maximum atomic E-state index is 11.7. The van der Waals surface area contributed by atoms with E-state index in [-0.39, 0.29) is 18.1 Å². The second kappa shape index (κ2) is 12.0. The minimum Gasteiger partial charge on any atom is -0.462 e. The summed E-state index contributed by atoms with van der Waals surface area (Å²) in [6.07, 6.45) is 0.334. The number of carbonyl (C=O) groups is 1. The van der Waals surface area contributed by atoms with Crippen molar-refractivity contribution < 1.29 is 18.6 Å². The molecular formula is C19H29N2O4P. The van der Waals surface area contributed by atoms with Crippen LogP contribution < -0.4 is 0 Å². The van der Waals surface area contributed by atoms with E-state index in [1.807, 2.05) is 12.1 Å². The summed E-state index contributed by atoms with van der Waals surface area (Å²) in [5.74, 6) is -0.326. The highest BCUT2D eigenvalue weighted by atomic mass is 31.2. The summed E-state index contributed by atoms with van der Waals surface area (Å²) >= 11 is 0. The third-order valence-electron chi connectivity index (χ3n) is 3.47. The Bertz CT molecular complexity index is 576. The van der Waals surface area contributed by atoms with Crippen LogP contribution in [0.2, 0.25) is 0 Å². The van der Waals surface area contributed by atoms with Gasteiger partial charge in [-0.1, -0.05) is 12.1 Å². The normalized spacial score (nSPS) is 12.4. The minimum atomic E-state index is -1.27. The molecule has 0 aromatic heterocycles. The predicted octanol–water partition coefficient (Wildman–Crippen LogP) is 4.66. The Kier molecular flexibility index (Phi) is 10.4. The fourth-order valence-electron chi connectivity index (χ4n) is 2.39. The highest BCUT2D eigenvalue weighted by molar-refractivity contribution is 7.44. The lowest BCUT2D eigenvalue weighted by molar-refractivity contribution is 0.0526. The van der Waals surface area contributed by atoms with E-state index in [0.717, 1.165) is 5.56 Å². The highest BCUT2D eigenvalue weighted by Crippen LogP contribution is 2.46. The van der Waals surface area contributed by atoms with Crippen molar-refractivity contribution in [2.45, 2.75) is 59.7 Å². The summed E-state index contributed by atoms with van der Waals surface area (Å²) in [6.45, 7) is 11.2. The maximum Gasteiger partial charge on any atom is 0.338 e. The zero-order chi connectivity index (χ0) is 19.5. The molecule has 1 rings (SSSR count). The maximum absolute atomic E-state index is 11.7. The molecule has 1 aromatic rings. The molecule has 1 aromatic carbocycles. The third kappa shape index (κ3) is 7.39. The predicted molar refractivity (Wildman–Crippen MR) is 102 cm³/mol. The van der Waals surface area contributed by atoms with Gasteiger partial charge in [0.25, 0.3) is 8.53 Å². The van der Waals surface area contributed by atoms with Crippen LogP contribution in [0.1, 0.15) is 57.0 Å². The molecule has 1 unspecified atom stereocenters. The molecule has 0 spiro atoms. The molecule has 0 aliphatic heterocycles. The van der Waals surface area contributed by atoms with Crippen LogP contribution in [0.25, 0.3) is 0 Å². The molecular weight excluding hydrogens is 351 g/mol. The zero-order valence-corrected chi connectivity index (χ0v) is 17.2. The molecule has 0 N–H and O–H groups in total. The average Bonchev–Trinajstić information content (AvgIpc) is 2.59. The summed E-state index contributed by atoms with van der Waals surface area (Å²) in [7, 11) is -1.27. The molecule has 0 heterocycles. The van der Waals surface area contributed by atoms with E-state index < -0.39 is 8.53 Å². The first kappa shape index (κ1) is 22.5. The minimum absolute atomic E-state index is 0.259. The van der Waals surface area contributed by atoms with Crippen molar-refractivity contribution in [3.8, 4) is 6.07 Å². The lowest BCUT2D eigenvalue weighted by Crippen LogP contribution is -2.33. The van der Waals surface area contributed by atoms with Crippen molar-refractivity contribution in [1.29, 1.82) is 5.26 Å². The van der Waals surface area contributed by atoms with Gasteiger partial charge in [0.15, 0.2) is 0 Å². The van der Waals surface area contributed by atoms with Crippen molar-refractivity contribution in [1.82, 2.24) is 4.67 Å². The molecule has 6 nitrogen and oxygen atoms in total. The van der Waals surface area contributed by atoms with E-state index in [9.17, 15) is 4.79 Å². The number of nitrogens with zero attached hydrogens (tertiary/aromatic N) is 2. The highest BCUT2D eigenvalue weighted by Gasteiger charge is 2.27. The van der Waals surface area contributed by atoms with Crippen LogP contribution >= 0.6 is 8.53 Å². The summed E-state index contributed by atoms with van der Waals surface area (Å²) in [5.41, 5.74) is 1.47. The summed E-state index contributed by atoms with van der Waals surface area (Å²) in [5, 5.41) is 8.74. The Morgan fingerprint density at radius 2 is 1.77 bits per heavy atom. The molecule has 0 fully saturated rings. The first-order valence-corrected chi connectivity index (χ1v) is 10.0. The van der Waals surface area contributed by atoms with E-state index in [2.05, 4.69) is 38.4 Å². The zero-order valence-electron chi connectivity index (χ0n) is 16.3. The Morgan fingerprint density at radius 1 is 1.15 bits per heavy atom. The fourth-order valence-corrected chi connectivity index (χ4v) is 4.00. The lowest BCUT2D eigenvalue weighted by atomic mass is 10.1. The summed E-state index contributed by atoms with van der Waals surface area (Å²) in [6, 6.07) is 9.78. The standard InChI is InChI=1S/C19H29N2O4P/c1-6-23-19(22)18-10-8-17(9-11-18)14-25-26(24-13-7-12-20)21(15(2)3)16(4)5/h8-11,15-16H,6-7,13-14H2,1-5H3. The number of rotatable bonds is 11. The van der Waals surface area contributed by atoms with Gasteiger partial charge in [0.2, 0.25) is 0 Å². The number of esters is 1. The molecule has 7 heteroatoms. The van der Waals surface area contributed by atoms with E-state index in [1.165, 1.54) is 0 Å². The molecule has 1 atom stereocenters. The van der Waals surface area contributed by atoms with Crippen molar-refractivity contribution in [3.63, 3.8) is 0 Å². The molecule has 0 amide bonds. The van der Waals surface area contributed by atoms with Crippen LogP contribution in [0.3, 0.4) is 0 Å². The molecule has 0 aliphatic carbocycles. The fraction of sp³-hybridized carbons (Fsp3) is 0.579. The first-order valence-electron chi connectivity index (χ1n) is 8.87.